The van der Waals surface area contributed by atoms with Crippen LogP contribution in [-0.2, 0) is 9.59 Å². The Balaban J connectivity index is 4.43. The minimum absolute atomic E-state index is 0.0417. The van der Waals surface area contributed by atoms with Crippen molar-refractivity contribution in [2.75, 3.05) is 0 Å². The monoisotopic (exact) mass is 162 g/mol. The second kappa shape index (κ2) is 3.26. The van der Waals surface area contributed by atoms with E-state index in [-0.39, 0.29) is 4.86 Å². The standard InChI is InChI=1S/C5H6O4S/c1-2(10)3(4(6)7)5(8)9/h3H,1H3,(H,6,7)(H,8,9). The fraction of sp³-hybridized carbons (Fsp3) is 0.400. The minimum atomic E-state index is -1.55. The van der Waals surface area contributed by atoms with Crippen LogP contribution in [0, 0.1) is 5.92 Å². The maximum absolute atomic E-state index is 10.1. The van der Waals surface area contributed by atoms with Gasteiger partial charge in [0.05, 0.1) is 0 Å². The Morgan fingerprint density at radius 1 is 1.30 bits per heavy atom. The summed E-state index contributed by atoms with van der Waals surface area (Å²) in [6, 6.07) is 0. The Morgan fingerprint density at radius 3 is 1.60 bits per heavy atom. The number of thiocarbonyl (C=S) groups is 1. The SMILES string of the molecule is CC(=S)C(C(=O)O)C(=O)O. The molecular weight excluding hydrogens is 156 g/mol. The summed E-state index contributed by atoms with van der Waals surface area (Å²) < 4.78 is 0. The van der Waals surface area contributed by atoms with Crippen molar-refractivity contribution in [3.63, 3.8) is 0 Å². The van der Waals surface area contributed by atoms with Gasteiger partial charge in [-0.1, -0.05) is 12.2 Å². The van der Waals surface area contributed by atoms with Crippen LogP contribution in [-0.4, -0.2) is 27.0 Å². The number of carbonyl (C=O) groups is 2. The van der Waals surface area contributed by atoms with Gasteiger partial charge in [0.1, 0.15) is 0 Å². The lowest BCUT2D eigenvalue weighted by Crippen LogP contribution is -2.28. The zero-order chi connectivity index (χ0) is 8.31. The van der Waals surface area contributed by atoms with Crippen LogP contribution >= 0.6 is 12.2 Å². The molecule has 0 rings (SSSR count). The summed E-state index contributed by atoms with van der Waals surface area (Å²) in [5, 5.41) is 16.5. The van der Waals surface area contributed by atoms with Crippen molar-refractivity contribution in [2.45, 2.75) is 6.92 Å². The van der Waals surface area contributed by atoms with Crippen molar-refractivity contribution in [1.29, 1.82) is 0 Å². The van der Waals surface area contributed by atoms with E-state index in [0.717, 1.165) is 0 Å². The molecule has 0 heterocycles. The van der Waals surface area contributed by atoms with Crippen LogP contribution in [0.3, 0.4) is 0 Å². The number of carboxylic acids is 2. The molecule has 0 spiro atoms. The van der Waals surface area contributed by atoms with Crippen molar-refractivity contribution >= 4 is 29.0 Å². The molecule has 0 bridgehead atoms. The van der Waals surface area contributed by atoms with Gasteiger partial charge in [0, 0.05) is 4.86 Å². The predicted molar refractivity (Wildman–Crippen MR) is 37.0 cm³/mol. The summed E-state index contributed by atoms with van der Waals surface area (Å²) in [6.07, 6.45) is 0. The van der Waals surface area contributed by atoms with E-state index < -0.39 is 17.9 Å². The first-order valence-electron chi connectivity index (χ1n) is 2.43. The van der Waals surface area contributed by atoms with E-state index in [2.05, 4.69) is 12.2 Å². The molecule has 0 unspecified atom stereocenters. The summed E-state index contributed by atoms with van der Waals surface area (Å²) >= 11 is 4.41. The maximum Gasteiger partial charge on any atom is 0.322 e. The Labute approximate surface area is 62.5 Å². The average molecular weight is 162 g/mol. The van der Waals surface area contributed by atoms with Crippen molar-refractivity contribution in [1.82, 2.24) is 0 Å². The van der Waals surface area contributed by atoms with Gasteiger partial charge >= 0.3 is 11.9 Å². The van der Waals surface area contributed by atoms with E-state index in [1.165, 1.54) is 6.92 Å². The molecule has 56 valence electrons. The number of aliphatic carboxylic acids is 2. The first-order chi connectivity index (χ1) is 4.46. The molecule has 0 aliphatic heterocycles. The highest BCUT2D eigenvalue weighted by atomic mass is 32.1. The van der Waals surface area contributed by atoms with E-state index in [1.807, 2.05) is 0 Å². The van der Waals surface area contributed by atoms with Gasteiger partial charge in [-0.15, -0.1) is 0 Å². The molecule has 0 aliphatic carbocycles. The third-order valence-electron chi connectivity index (χ3n) is 0.900. The van der Waals surface area contributed by atoms with E-state index in [0.29, 0.717) is 0 Å². The second-order valence-corrected chi connectivity index (χ2v) is 2.36. The van der Waals surface area contributed by atoms with Gasteiger partial charge in [0.15, 0.2) is 5.92 Å². The number of hydrogen-bond acceptors (Lipinski definition) is 3. The van der Waals surface area contributed by atoms with E-state index in [9.17, 15) is 9.59 Å². The lowest BCUT2D eigenvalue weighted by atomic mass is 10.1. The molecule has 10 heavy (non-hydrogen) atoms. The van der Waals surface area contributed by atoms with Crippen molar-refractivity contribution in [2.24, 2.45) is 5.92 Å². The highest BCUT2D eigenvalue weighted by Gasteiger charge is 2.27. The summed E-state index contributed by atoms with van der Waals surface area (Å²) in [6.45, 7) is 1.29. The Bertz CT molecular complexity index is 153. The third-order valence-corrected chi connectivity index (χ3v) is 1.14. The smallest absolute Gasteiger partial charge is 0.322 e. The zero-order valence-corrected chi connectivity index (χ0v) is 6.01. The number of rotatable bonds is 3. The lowest BCUT2D eigenvalue weighted by Gasteiger charge is -2.02. The number of hydrogen-bond donors (Lipinski definition) is 2. The highest BCUT2D eigenvalue weighted by molar-refractivity contribution is 7.80. The molecule has 0 atom stereocenters. The largest absolute Gasteiger partial charge is 0.480 e. The van der Waals surface area contributed by atoms with Crippen LogP contribution in [0.25, 0.3) is 0 Å². The van der Waals surface area contributed by atoms with Gasteiger partial charge in [-0.05, 0) is 6.92 Å². The van der Waals surface area contributed by atoms with Gasteiger partial charge in [0.25, 0.3) is 0 Å². The summed E-state index contributed by atoms with van der Waals surface area (Å²) in [7, 11) is 0. The minimum Gasteiger partial charge on any atom is -0.480 e. The summed E-state index contributed by atoms with van der Waals surface area (Å²) in [5.41, 5.74) is 0. The van der Waals surface area contributed by atoms with E-state index in [1.54, 1.807) is 0 Å². The predicted octanol–water partition coefficient (Wildman–Crippen LogP) is 0.162. The quantitative estimate of drug-likeness (QED) is 0.456. The van der Waals surface area contributed by atoms with Crippen LogP contribution in [0.15, 0.2) is 0 Å². The van der Waals surface area contributed by atoms with Crippen molar-refractivity contribution in [3.05, 3.63) is 0 Å². The molecule has 0 aromatic heterocycles. The van der Waals surface area contributed by atoms with Crippen LogP contribution < -0.4 is 0 Å². The van der Waals surface area contributed by atoms with E-state index in [4.69, 9.17) is 10.2 Å². The van der Waals surface area contributed by atoms with Crippen LogP contribution in [0.4, 0.5) is 0 Å². The Hall–Kier alpha value is -0.970. The van der Waals surface area contributed by atoms with Crippen LogP contribution in [0.1, 0.15) is 6.92 Å². The Kier molecular flexibility index (Phi) is 2.95. The fourth-order valence-corrected chi connectivity index (χ4v) is 0.655. The molecule has 5 heteroatoms. The average Bonchev–Trinajstić information content (AvgIpc) is 1.59. The Morgan fingerprint density at radius 2 is 1.60 bits per heavy atom. The highest BCUT2D eigenvalue weighted by Crippen LogP contribution is 2.00. The molecule has 0 saturated carbocycles. The van der Waals surface area contributed by atoms with Gasteiger partial charge in [-0.3, -0.25) is 9.59 Å². The fourth-order valence-electron chi connectivity index (χ4n) is 0.453. The molecule has 4 nitrogen and oxygen atoms in total. The third kappa shape index (κ3) is 2.10. The molecule has 2 N–H and O–H groups in total. The molecule has 0 aromatic rings. The number of carboxylic acid groups (broad SMARTS) is 2. The van der Waals surface area contributed by atoms with Crippen molar-refractivity contribution in [3.8, 4) is 0 Å². The molecule has 0 aliphatic rings. The van der Waals surface area contributed by atoms with Gasteiger partial charge in [0.2, 0.25) is 0 Å². The second-order valence-electron chi connectivity index (χ2n) is 1.72. The van der Waals surface area contributed by atoms with Gasteiger partial charge in [-0.2, -0.15) is 0 Å². The van der Waals surface area contributed by atoms with Crippen molar-refractivity contribution < 1.29 is 19.8 Å². The zero-order valence-electron chi connectivity index (χ0n) is 5.20. The van der Waals surface area contributed by atoms with E-state index >= 15 is 0 Å². The summed E-state index contributed by atoms with van der Waals surface area (Å²) in [4.78, 5) is 20.2. The molecule has 0 aromatic carbocycles. The van der Waals surface area contributed by atoms with Gasteiger partial charge in [-0.25, -0.2) is 0 Å². The first kappa shape index (κ1) is 9.03. The van der Waals surface area contributed by atoms with Gasteiger partial charge < -0.3 is 10.2 Å². The molecular formula is C5H6O4S. The topological polar surface area (TPSA) is 74.6 Å². The molecule has 0 amide bonds. The maximum atomic E-state index is 10.1. The first-order valence-corrected chi connectivity index (χ1v) is 2.83. The molecule has 0 saturated heterocycles. The molecule has 0 radical (unpaired) electrons. The normalized spacial score (nSPS) is 9.40. The lowest BCUT2D eigenvalue weighted by molar-refractivity contribution is -0.150. The summed E-state index contributed by atoms with van der Waals surface area (Å²) in [5.74, 6) is -4.38. The van der Waals surface area contributed by atoms with Crippen LogP contribution in [0.2, 0.25) is 0 Å². The van der Waals surface area contributed by atoms with Crippen LogP contribution in [0.5, 0.6) is 0 Å². The molecule has 0 fully saturated rings.